The minimum absolute atomic E-state index is 0.138. The molecule has 6 heteroatoms. The molecule has 0 atom stereocenters. The lowest BCUT2D eigenvalue weighted by atomic mass is 10.2. The van der Waals surface area contributed by atoms with Gasteiger partial charge in [-0.3, -0.25) is 0 Å². The van der Waals surface area contributed by atoms with Crippen LogP contribution in [0.15, 0.2) is 30.5 Å². The minimum Gasteiger partial charge on any atom is -0.435 e. The number of hydrogen-bond acceptors (Lipinski definition) is 3. The number of alkyl halides is 2. The SMILES string of the molecule is FC(F)Oc1ccc(C=Cc2cn[nH]n2)cc1. The lowest BCUT2D eigenvalue weighted by Crippen LogP contribution is -2.01. The highest BCUT2D eigenvalue weighted by Crippen LogP contribution is 2.16. The molecule has 0 bridgehead atoms. The lowest BCUT2D eigenvalue weighted by Gasteiger charge is -2.03. The first-order valence-electron chi connectivity index (χ1n) is 4.83. The van der Waals surface area contributed by atoms with Crippen LogP contribution in [0.4, 0.5) is 8.78 Å². The molecule has 1 aromatic heterocycles. The Bertz CT molecular complexity index is 480. The van der Waals surface area contributed by atoms with E-state index in [1.165, 1.54) is 12.1 Å². The predicted molar refractivity (Wildman–Crippen MR) is 58.4 cm³/mol. The topological polar surface area (TPSA) is 50.8 Å². The van der Waals surface area contributed by atoms with Crippen LogP contribution in [0.5, 0.6) is 5.75 Å². The number of aromatic nitrogens is 3. The first-order chi connectivity index (χ1) is 8.24. The maximum Gasteiger partial charge on any atom is 0.387 e. The van der Waals surface area contributed by atoms with Crippen LogP contribution >= 0.6 is 0 Å². The number of aromatic amines is 1. The van der Waals surface area contributed by atoms with E-state index in [2.05, 4.69) is 20.1 Å². The van der Waals surface area contributed by atoms with Gasteiger partial charge >= 0.3 is 6.61 Å². The summed E-state index contributed by atoms with van der Waals surface area (Å²) in [6.07, 6.45) is 5.13. The Balaban J connectivity index is 2.03. The molecule has 0 spiro atoms. The highest BCUT2D eigenvalue weighted by Gasteiger charge is 2.02. The molecule has 0 saturated heterocycles. The van der Waals surface area contributed by atoms with Crippen LogP contribution in [0.2, 0.25) is 0 Å². The second-order valence-electron chi connectivity index (χ2n) is 3.18. The Kier molecular flexibility index (Phi) is 3.44. The molecular weight excluding hydrogens is 228 g/mol. The summed E-state index contributed by atoms with van der Waals surface area (Å²) < 4.78 is 28.0. The van der Waals surface area contributed by atoms with Crippen molar-refractivity contribution in [1.82, 2.24) is 15.4 Å². The highest BCUT2D eigenvalue weighted by molar-refractivity contribution is 5.67. The van der Waals surface area contributed by atoms with Gasteiger partial charge in [0, 0.05) is 0 Å². The molecule has 2 rings (SSSR count). The van der Waals surface area contributed by atoms with Crippen molar-refractivity contribution in [2.75, 3.05) is 0 Å². The molecule has 4 nitrogen and oxygen atoms in total. The van der Waals surface area contributed by atoms with Crippen LogP contribution in [0.1, 0.15) is 11.3 Å². The van der Waals surface area contributed by atoms with E-state index in [1.807, 2.05) is 0 Å². The number of hydrogen-bond donors (Lipinski definition) is 1. The smallest absolute Gasteiger partial charge is 0.387 e. The van der Waals surface area contributed by atoms with Crippen molar-refractivity contribution in [3.63, 3.8) is 0 Å². The number of halogens is 2. The molecule has 17 heavy (non-hydrogen) atoms. The van der Waals surface area contributed by atoms with Crippen molar-refractivity contribution in [2.24, 2.45) is 0 Å². The van der Waals surface area contributed by atoms with Gasteiger partial charge in [-0.05, 0) is 23.8 Å². The molecule has 2 aromatic rings. The molecule has 1 N–H and O–H groups in total. The van der Waals surface area contributed by atoms with Crippen LogP contribution in [0.25, 0.3) is 12.2 Å². The Morgan fingerprint density at radius 2 is 1.94 bits per heavy atom. The molecular formula is C11H9F2N3O. The monoisotopic (exact) mass is 237 g/mol. The van der Waals surface area contributed by atoms with E-state index < -0.39 is 6.61 Å². The molecule has 1 heterocycles. The van der Waals surface area contributed by atoms with Gasteiger partial charge in [-0.15, -0.1) is 0 Å². The van der Waals surface area contributed by atoms with Gasteiger partial charge in [-0.2, -0.15) is 24.2 Å². The van der Waals surface area contributed by atoms with Crippen molar-refractivity contribution in [3.05, 3.63) is 41.7 Å². The van der Waals surface area contributed by atoms with Gasteiger partial charge in [0.1, 0.15) is 11.4 Å². The van der Waals surface area contributed by atoms with Crippen LogP contribution < -0.4 is 4.74 Å². The lowest BCUT2D eigenvalue weighted by molar-refractivity contribution is -0.0498. The number of rotatable bonds is 4. The third-order valence-electron chi connectivity index (χ3n) is 1.99. The predicted octanol–water partition coefficient (Wildman–Crippen LogP) is 2.58. The number of nitrogens with one attached hydrogen (secondary N) is 1. The number of H-pyrrole nitrogens is 1. The molecule has 0 radical (unpaired) electrons. The standard InChI is InChI=1S/C11H9F2N3O/c12-11(13)17-10-5-2-8(3-6-10)1-4-9-7-14-16-15-9/h1-7,11H,(H,14,15,16). The average molecular weight is 237 g/mol. The van der Waals surface area contributed by atoms with Gasteiger partial charge < -0.3 is 4.74 Å². The summed E-state index contributed by atoms with van der Waals surface area (Å²) >= 11 is 0. The normalized spacial score (nSPS) is 11.2. The van der Waals surface area contributed by atoms with Crippen molar-refractivity contribution in [1.29, 1.82) is 0 Å². The van der Waals surface area contributed by atoms with Crippen molar-refractivity contribution in [2.45, 2.75) is 6.61 Å². The van der Waals surface area contributed by atoms with E-state index in [1.54, 1.807) is 30.5 Å². The Labute approximate surface area is 95.9 Å². The summed E-state index contributed by atoms with van der Waals surface area (Å²) in [6, 6.07) is 6.31. The third-order valence-corrected chi connectivity index (χ3v) is 1.99. The zero-order chi connectivity index (χ0) is 12.1. The second-order valence-corrected chi connectivity index (χ2v) is 3.18. The molecule has 0 unspecified atom stereocenters. The first-order valence-corrected chi connectivity index (χ1v) is 4.83. The van der Waals surface area contributed by atoms with Gasteiger partial charge in [-0.1, -0.05) is 18.2 Å². The first kappa shape index (κ1) is 11.3. The minimum atomic E-state index is -2.80. The zero-order valence-electron chi connectivity index (χ0n) is 8.68. The van der Waals surface area contributed by atoms with Crippen molar-refractivity contribution < 1.29 is 13.5 Å². The van der Waals surface area contributed by atoms with E-state index >= 15 is 0 Å². The Morgan fingerprint density at radius 1 is 1.18 bits per heavy atom. The van der Waals surface area contributed by atoms with E-state index in [9.17, 15) is 8.78 Å². The number of nitrogens with zero attached hydrogens (tertiary/aromatic N) is 2. The molecule has 0 fully saturated rings. The molecule has 0 aliphatic heterocycles. The summed E-state index contributed by atoms with van der Waals surface area (Å²) in [7, 11) is 0. The molecule has 88 valence electrons. The quantitative estimate of drug-likeness (QED) is 0.889. The summed E-state index contributed by atoms with van der Waals surface area (Å²) in [5.74, 6) is 0.138. The summed E-state index contributed by atoms with van der Waals surface area (Å²) in [6.45, 7) is -2.80. The molecule has 0 aliphatic rings. The number of ether oxygens (including phenoxy) is 1. The maximum atomic E-state index is 11.9. The van der Waals surface area contributed by atoms with Crippen LogP contribution in [0.3, 0.4) is 0 Å². The Hall–Kier alpha value is -2.24. The second kappa shape index (κ2) is 5.20. The third kappa shape index (κ3) is 3.37. The molecule has 0 amide bonds. The van der Waals surface area contributed by atoms with Gasteiger partial charge in [-0.25, -0.2) is 0 Å². The fraction of sp³-hybridized carbons (Fsp3) is 0.0909. The van der Waals surface area contributed by atoms with Gasteiger partial charge in [0.2, 0.25) is 0 Å². The van der Waals surface area contributed by atoms with Crippen LogP contribution in [-0.4, -0.2) is 22.0 Å². The fourth-order valence-electron chi connectivity index (χ4n) is 1.23. The largest absolute Gasteiger partial charge is 0.435 e. The highest BCUT2D eigenvalue weighted by atomic mass is 19.3. The Morgan fingerprint density at radius 3 is 2.53 bits per heavy atom. The fourth-order valence-corrected chi connectivity index (χ4v) is 1.23. The summed E-state index contributed by atoms with van der Waals surface area (Å²) in [4.78, 5) is 0. The van der Waals surface area contributed by atoms with Gasteiger partial charge in [0.05, 0.1) is 6.20 Å². The van der Waals surface area contributed by atoms with E-state index in [-0.39, 0.29) is 5.75 Å². The van der Waals surface area contributed by atoms with Crippen LogP contribution in [-0.2, 0) is 0 Å². The van der Waals surface area contributed by atoms with Gasteiger partial charge in [0.15, 0.2) is 0 Å². The van der Waals surface area contributed by atoms with E-state index in [4.69, 9.17) is 0 Å². The van der Waals surface area contributed by atoms with Crippen molar-refractivity contribution in [3.8, 4) is 5.75 Å². The van der Waals surface area contributed by atoms with E-state index in [0.717, 1.165) is 5.56 Å². The molecule has 0 saturated carbocycles. The molecule has 1 aromatic carbocycles. The average Bonchev–Trinajstić information content (AvgIpc) is 2.80. The van der Waals surface area contributed by atoms with Gasteiger partial charge in [0.25, 0.3) is 0 Å². The summed E-state index contributed by atoms with van der Waals surface area (Å²) in [5.41, 5.74) is 1.55. The number of benzene rings is 1. The van der Waals surface area contributed by atoms with Crippen molar-refractivity contribution >= 4 is 12.2 Å². The maximum absolute atomic E-state index is 11.9. The summed E-state index contributed by atoms with van der Waals surface area (Å²) in [5, 5.41) is 9.97. The molecule has 0 aliphatic carbocycles. The van der Waals surface area contributed by atoms with Crippen LogP contribution in [0, 0.1) is 0 Å². The zero-order valence-corrected chi connectivity index (χ0v) is 8.68. The van der Waals surface area contributed by atoms with E-state index in [0.29, 0.717) is 5.69 Å².